The van der Waals surface area contributed by atoms with E-state index < -0.39 is 0 Å². The number of hydrogen-bond donors (Lipinski definition) is 1. The maximum absolute atomic E-state index is 11.7. The molecule has 1 heterocycles. The monoisotopic (exact) mass is 249 g/mol. The van der Waals surface area contributed by atoms with E-state index in [9.17, 15) is 4.79 Å². The second kappa shape index (κ2) is 6.60. The summed E-state index contributed by atoms with van der Waals surface area (Å²) in [4.78, 5) is 12.9. The molecule has 92 valence electrons. The highest BCUT2D eigenvalue weighted by molar-refractivity contribution is 7.10. The van der Waals surface area contributed by atoms with Gasteiger partial charge in [-0.05, 0) is 30.4 Å². The molecule has 0 saturated heterocycles. The highest BCUT2D eigenvalue weighted by Gasteiger charge is 2.12. The fraction of sp³-hybridized carbons (Fsp3) is 0.500. The van der Waals surface area contributed by atoms with Crippen molar-refractivity contribution >= 4 is 23.3 Å². The van der Waals surface area contributed by atoms with Crippen LogP contribution in [0.5, 0.6) is 0 Å². The van der Waals surface area contributed by atoms with Gasteiger partial charge >= 0.3 is 0 Å². The van der Waals surface area contributed by atoms with Crippen LogP contribution in [0.1, 0.15) is 43.4 Å². The molecule has 0 aliphatic heterocycles. The van der Waals surface area contributed by atoms with Crippen LogP contribution in [0.2, 0.25) is 0 Å². The molecule has 0 unspecified atom stereocenters. The van der Waals surface area contributed by atoms with Gasteiger partial charge in [0.1, 0.15) is 0 Å². The van der Waals surface area contributed by atoms with E-state index >= 15 is 0 Å². The van der Waals surface area contributed by atoms with E-state index in [2.05, 4.69) is 5.32 Å². The predicted molar refractivity (Wildman–Crippen MR) is 73.0 cm³/mol. The van der Waals surface area contributed by atoms with Gasteiger partial charge < -0.3 is 5.32 Å². The summed E-state index contributed by atoms with van der Waals surface area (Å²) in [6.45, 7) is 0. The van der Waals surface area contributed by atoms with Crippen molar-refractivity contribution in [1.82, 2.24) is 5.32 Å². The largest absolute Gasteiger partial charge is 0.350 e. The second-order valence-corrected chi connectivity index (χ2v) is 5.53. The zero-order valence-corrected chi connectivity index (χ0v) is 10.8. The zero-order chi connectivity index (χ0) is 11.9. The molecule has 2 nitrogen and oxygen atoms in total. The summed E-state index contributed by atoms with van der Waals surface area (Å²) in [5.74, 6) is 0.0466. The van der Waals surface area contributed by atoms with Crippen LogP contribution < -0.4 is 5.32 Å². The fourth-order valence-electron chi connectivity index (χ4n) is 2.22. The molecule has 0 radical (unpaired) electrons. The Balaban J connectivity index is 1.80. The lowest BCUT2D eigenvalue weighted by Gasteiger charge is -2.14. The van der Waals surface area contributed by atoms with Gasteiger partial charge in [-0.15, -0.1) is 11.3 Å². The molecule has 1 fully saturated rings. The Labute approximate surface area is 107 Å². The Kier molecular flexibility index (Phi) is 4.80. The third kappa shape index (κ3) is 4.35. The molecule has 3 heteroatoms. The molecule has 2 rings (SSSR count). The van der Waals surface area contributed by atoms with E-state index in [0.717, 1.165) is 17.7 Å². The Morgan fingerprint density at radius 3 is 2.71 bits per heavy atom. The summed E-state index contributed by atoms with van der Waals surface area (Å²) in [6.07, 6.45) is 10.9. The number of amides is 1. The maximum Gasteiger partial charge on any atom is 0.244 e. The summed E-state index contributed by atoms with van der Waals surface area (Å²) in [5, 5.41) is 5.12. The quantitative estimate of drug-likeness (QED) is 0.643. The Hall–Kier alpha value is -1.09. The molecule has 1 aliphatic carbocycles. The van der Waals surface area contributed by atoms with Crippen LogP contribution in [0.25, 0.3) is 6.08 Å². The van der Waals surface area contributed by atoms with Gasteiger partial charge in [-0.1, -0.05) is 31.7 Å². The summed E-state index contributed by atoms with van der Waals surface area (Å²) in [5.41, 5.74) is 0. The molecule has 1 amide bonds. The third-order valence-electron chi connectivity index (χ3n) is 3.14. The number of hydrogen-bond acceptors (Lipinski definition) is 2. The third-order valence-corrected chi connectivity index (χ3v) is 3.98. The smallest absolute Gasteiger partial charge is 0.244 e. The standard InChI is InChI=1S/C14H19NOS/c16-14(10-9-13-8-5-11-17-13)15-12-6-3-1-2-4-7-12/h5,8-12H,1-4,6-7H2,(H,15,16). The van der Waals surface area contributed by atoms with Crippen LogP contribution in [-0.2, 0) is 4.79 Å². The van der Waals surface area contributed by atoms with Gasteiger partial charge in [0, 0.05) is 17.0 Å². The molecular weight excluding hydrogens is 230 g/mol. The first-order valence-electron chi connectivity index (χ1n) is 6.37. The molecule has 1 aromatic heterocycles. The minimum atomic E-state index is 0.0466. The molecule has 17 heavy (non-hydrogen) atoms. The van der Waals surface area contributed by atoms with Crippen molar-refractivity contribution in [3.63, 3.8) is 0 Å². The first kappa shape index (κ1) is 12.4. The van der Waals surface area contributed by atoms with Crippen molar-refractivity contribution in [1.29, 1.82) is 0 Å². The van der Waals surface area contributed by atoms with Gasteiger partial charge in [0.2, 0.25) is 5.91 Å². The average Bonchev–Trinajstić information content (AvgIpc) is 2.72. The van der Waals surface area contributed by atoms with Crippen LogP contribution in [0, 0.1) is 0 Å². The van der Waals surface area contributed by atoms with Gasteiger partial charge in [-0.3, -0.25) is 4.79 Å². The molecule has 1 saturated carbocycles. The van der Waals surface area contributed by atoms with E-state index in [0.29, 0.717) is 6.04 Å². The van der Waals surface area contributed by atoms with Crippen molar-refractivity contribution in [2.75, 3.05) is 0 Å². The van der Waals surface area contributed by atoms with E-state index in [1.54, 1.807) is 17.4 Å². The van der Waals surface area contributed by atoms with Gasteiger partial charge in [0.05, 0.1) is 0 Å². The number of nitrogens with one attached hydrogen (secondary N) is 1. The topological polar surface area (TPSA) is 29.1 Å². The molecule has 0 aromatic carbocycles. The molecule has 0 bridgehead atoms. The Morgan fingerprint density at radius 2 is 2.06 bits per heavy atom. The lowest BCUT2D eigenvalue weighted by molar-refractivity contribution is -0.117. The summed E-state index contributed by atoms with van der Waals surface area (Å²) in [6, 6.07) is 4.39. The van der Waals surface area contributed by atoms with Gasteiger partial charge in [-0.25, -0.2) is 0 Å². The first-order valence-corrected chi connectivity index (χ1v) is 7.24. The molecule has 0 atom stereocenters. The van der Waals surface area contributed by atoms with Crippen molar-refractivity contribution < 1.29 is 4.79 Å². The average molecular weight is 249 g/mol. The number of carbonyl (C=O) groups is 1. The van der Waals surface area contributed by atoms with Gasteiger partial charge in [0.25, 0.3) is 0 Å². The summed E-state index contributed by atoms with van der Waals surface area (Å²) in [7, 11) is 0. The number of carbonyl (C=O) groups excluding carboxylic acids is 1. The highest BCUT2D eigenvalue weighted by atomic mass is 32.1. The lowest BCUT2D eigenvalue weighted by Crippen LogP contribution is -2.33. The minimum absolute atomic E-state index is 0.0466. The minimum Gasteiger partial charge on any atom is -0.350 e. The SMILES string of the molecule is O=C(C=Cc1cccs1)NC1CCCCCC1. The van der Waals surface area contributed by atoms with E-state index in [4.69, 9.17) is 0 Å². The normalized spacial score (nSPS) is 18.1. The predicted octanol–water partition coefficient (Wildman–Crippen LogP) is 3.60. The zero-order valence-electron chi connectivity index (χ0n) is 10.0. The Bertz CT molecular complexity index is 362. The van der Waals surface area contributed by atoms with E-state index in [-0.39, 0.29) is 5.91 Å². The van der Waals surface area contributed by atoms with Crippen LogP contribution >= 0.6 is 11.3 Å². The van der Waals surface area contributed by atoms with Crippen LogP contribution in [0.4, 0.5) is 0 Å². The molecule has 1 aromatic rings. The molecule has 1 N–H and O–H groups in total. The summed E-state index contributed by atoms with van der Waals surface area (Å²) < 4.78 is 0. The fourth-order valence-corrected chi connectivity index (χ4v) is 2.83. The first-order chi connectivity index (χ1) is 8.34. The summed E-state index contributed by atoms with van der Waals surface area (Å²) >= 11 is 1.65. The van der Waals surface area contributed by atoms with E-state index in [1.807, 2.05) is 23.6 Å². The highest BCUT2D eigenvalue weighted by Crippen LogP contribution is 2.17. The lowest BCUT2D eigenvalue weighted by atomic mass is 10.1. The second-order valence-electron chi connectivity index (χ2n) is 4.55. The van der Waals surface area contributed by atoms with Crippen molar-refractivity contribution in [3.05, 3.63) is 28.5 Å². The van der Waals surface area contributed by atoms with Crippen LogP contribution in [-0.4, -0.2) is 11.9 Å². The van der Waals surface area contributed by atoms with Crippen LogP contribution in [0.3, 0.4) is 0 Å². The molecule has 0 spiro atoms. The van der Waals surface area contributed by atoms with Crippen molar-refractivity contribution in [2.45, 2.75) is 44.6 Å². The molecule has 1 aliphatic rings. The van der Waals surface area contributed by atoms with E-state index in [1.165, 1.54) is 25.7 Å². The Morgan fingerprint density at radius 1 is 1.29 bits per heavy atom. The van der Waals surface area contributed by atoms with Crippen molar-refractivity contribution in [3.8, 4) is 0 Å². The van der Waals surface area contributed by atoms with Crippen LogP contribution in [0.15, 0.2) is 23.6 Å². The number of thiophene rings is 1. The maximum atomic E-state index is 11.7. The van der Waals surface area contributed by atoms with Gasteiger partial charge in [-0.2, -0.15) is 0 Å². The van der Waals surface area contributed by atoms with Crippen molar-refractivity contribution in [2.24, 2.45) is 0 Å². The molecular formula is C14H19NOS. The number of rotatable bonds is 3. The van der Waals surface area contributed by atoms with Gasteiger partial charge in [0.15, 0.2) is 0 Å².